The Hall–Kier alpha value is -3.43. The number of nitrogens with two attached hydrogens (primary N) is 1. The molecule has 0 saturated carbocycles. The van der Waals surface area contributed by atoms with Gasteiger partial charge in [-0.25, -0.2) is 4.79 Å². The van der Waals surface area contributed by atoms with Gasteiger partial charge in [-0.2, -0.15) is 4.98 Å². The number of aromatic nitrogens is 2. The average Bonchev–Trinajstić information content (AvgIpc) is 3.29. The smallest absolute Gasteiger partial charge is 0.350 e. The highest BCUT2D eigenvalue weighted by atomic mass is 32.2. The van der Waals surface area contributed by atoms with Crippen LogP contribution >= 0.6 is 11.8 Å². The summed E-state index contributed by atoms with van der Waals surface area (Å²) in [4.78, 5) is 16.8. The second kappa shape index (κ2) is 12.9. The standard InChI is InChI=1S/C30H31N3O4S/c31-26-16-17-33(30(34)32-26)29-28(37-20-24-14-8-3-9-15-24)27(36-19-23-12-6-2-7-13-23)25(38-29)21-35-18-22-10-4-1-5-11-22/h1-17,25,27-29H,18-21H2,(H2,31,32,34)/t25-,27-,28+,29-/m0/s1. The Kier molecular flexibility index (Phi) is 8.88. The SMILES string of the molecule is Nc1ccn([C@H]2S[C@@H](COCc3ccccc3)[C@H](OCc3ccccc3)[C@H]2OCc2ccccc2)c(=O)n1. The highest BCUT2D eigenvalue weighted by Gasteiger charge is 2.47. The van der Waals surface area contributed by atoms with Gasteiger partial charge in [0.05, 0.1) is 31.7 Å². The number of hydrogen-bond donors (Lipinski definition) is 1. The van der Waals surface area contributed by atoms with Crippen molar-refractivity contribution < 1.29 is 14.2 Å². The van der Waals surface area contributed by atoms with Gasteiger partial charge < -0.3 is 19.9 Å². The van der Waals surface area contributed by atoms with Gasteiger partial charge in [0.25, 0.3) is 0 Å². The highest BCUT2D eigenvalue weighted by Crippen LogP contribution is 2.45. The molecule has 8 heteroatoms. The lowest BCUT2D eigenvalue weighted by atomic mass is 10.1. The molecule has 2 heterocycles. The molecular formula is C30H31N3O4S. The Morgan fingerprint density at radius 1 is 0.737 bits per heavy atom. The molecule has 3 aromatic carbocycles. The Morgan fingerprint density at radius 2 is 1.26 bits per heavy atom. The summed E-state index contributed by atoms with van der Waals surface area (Å²) in [5, 5.41) is -0.428. The van der Waals surface area contributed by atoms with Gasteiger partial charge in [0.15, 0.2) is 0 Å². The van der Waals surface area contributed by atoms with Crippen molar-refractivity contribution in [2.75, 3.05) is 12.3 Å². The number of anilines is 1. The van der Waals surface area contributed by atoms with Gasteiger partial charge in [-0.05, 0) is 22.8 Å². The van der Waals surface area contributed by atoms with E-state index in [0.717, 1.165) is 16.7 Å². The van der Waals surface area contributed by atoms with Crippen molar-refractivity contribution in [3.05, 3.63) is 130 Å². The first kappa shape index (κ1) is 26.2. The van der Waals surface area contributed by atoms with Crippen LogP contribution in [0.5, 0.6) is 0 Å². The zero-order chi connectivity index (χ0) is 26.2. The Morgan fingerprint density at radius 3 is 1.82 bits per heavy atom. The molecule has 196 valence electrons. The Bertz CT molecular complexity index is 1340. The van der Waals surface area contributed by atoms with Crippen LogP contribution in [0.2, 0.25) is 0 Å². The lowest BCUT2D eigenvalue weighted by Crippen LogP contribution is -2.40. The third kappa shape index (κ3) is 6.71. The lowest BCUT2D eigenvalue weighted by molar-refractivity contribution is -0.0920. The van der Waals surface area contributed by atoms with Gasteiger partial charge in [-0.15, -0.1) is 11.8 Å². The molecule has 1 aliphatic rings. The molecule has 1 aliphatic heterocycles. The highest BCUT2D eigenvalue weighted by molar-refractivity contribution is 8.00. The molecule has 0 spiro atoms. The second-order valence-electron chi connectivity index (χ2n) is 9.13. The van der Waals surface area contributed by atoms with Gasteiger partial charge in [0.1, 0.15) is 23.4 Å². The van der Waals surface area contributed by atoms with Crippen molar-refractivity contribution in [1.82, 2.24) is 9.55 Å². The quantitative estimate of drug-likeness (QED) is 0.298. The first-order valence-corrected chi connectivity index (χ1v) is 13.5. The first-order valence-electron chi connectivity index (χ1n) is 12.6. The van der Waals surface area contributed by atoms with Crippen LogP contribution in [-0.2, 0) is 34.0 Å². The number of nitrogen functional groups attached to an aromatic ring is 1. The first-order chi connectivity index (χ1) is 18.7. The van der Waals surface area contributed by atoms with E-state index in [1.807, 2.05) is 91.0 Å². The van der Waals surface area contributed by atoms with E-state index < -0.39 is 11.8 Å². The summed E-state index contributed by atoms with van der Waals surface area (Å²) in [6.45, 7) is 1.75. The zero-order valence-electron chi connectivity index (χ0n) is 21.0. The van der Waals surface area contributed by atoms with Gasteiger partial charge in [-0.1, -0.05) is 91.0 Å². The van der Waals surface area contributed by atoms with E-state index in [4.69, 9.17) is 19.9 Å². The van der Waals surface area contributed by atoms with E-state index in [1.54, 1.807) is 28.6 Å². The summed E-state index contributed by atoms with van der Waals surface area (Å²) >= 11 is 1.61. The molecule has 7 nitrogen and oxygen atoms in total. The van der Waals surface area contributed by atoms with Crippen LogP contribution in [0.3, 0.4) is 0 Å². The maximum Gasteiger partial charge on any atom is 0.350 e. The molecule has 0 amide bonds. The van der Waals surface area contributed by atoms with E-state index in [0.29, 0.717) is 26.4 Å². The van der Waals surface area contributed by atoms with Crippen LogP contribution in [-0.4, -0.2) is 33.6 Å². The molecule has 1 fully saturated rings. The molecule has 0 aliphatic carbocycles. The topological polar surface area (TPSA) is 88.6 Å². The lowest BCUT2D eigenvalue weighted by Gasteiger charge is -2.27. The fourth-order valence-electron chi connectivity index (χ4n) is 4.47. The van der Waals surface area contributed by atoms with Crippen LogP contribution in [0.1, 0.15) is 22.1 Å². The molecule has 1 saturated heterocycles. The normalized spacial score (nSPS) is 20.9. The summed E-state index contributed by atoms with van der Waals surface area (Å²) in [6, 6.07) is 31.7. The maximum absolute atomic E-state index is 12.9. The van der Waals surface area contributed by atoms with E-state index in [1.165, 1.54) is 0 Å². The monoisotopic (exact) mass is 529 g/mol. The predicted molar refractivity (Wildman–Crippen MR) is 149 cm³/mol. The molecule has 1 aromatic heterocycles. The van der Waals surface area contributed by atoms with Crippen LogP contribution in [0.4, 0.5) is 5.82 Å². The van der Waals surface area contributed by atoms with Gasteiger partial charge >= 0.3 is 5.69 Å². The predicted octanol–water partition coefficient (Wildman–Crippen LogP) is 4.83. The number of thioether (sulfide) groups is 1. The van der Waals surface area contributed by atoms with Crippen LogP contribution in [0.15, 0.2) is 108 Å². The molecular weight excluding hydrogens is 498 g/mol. The summed E-state index contributed by atoms with van der Waals surface area (Å²) in [5.41, 5.74) is 8.58. The van der Waals surface area contributed by atoms with Crippen molar-refractivity contribution in [2.45, 2.75) is 42.7 Å². The third-order valence-electron chi connectivity index (χ3n) is 6.38. The van der Waals surface area contributed by atoms with Crippen LogP contribution < -0.4 is 11.4 Å². The molecule has 4 atom stereocenters. The largest absolute Gasteiger partial charge is 0.383 e. The maximum atomic E-state index is 12.9. The van der Waals surface area contributed by atoms with Crippen LogP contribution in [0, 0.1) is 0 Å². The summed E-state index contributed by atoms with van der Waals surface area (Å²) in [7, 11) is 0. The summed E-state index contributed by atoms with van der Waals surface area (Å²) < 4.78 is 20.8. The Labute approximate surface area is 226 Å². The van der Waals surface area contributed by atoms with Crippen molar-refractivity contribution >= 4 is 17.6 Å². The zero-order valence-corrected chi connectivity index (χ0v) is 21.8. The summed E-state index contributed by atoms with van der Waals surface area (Å²) in [6.07, 6.45) is 0.939. The molecule has 0 radical (unpaired) electrons. The Balaban J connectivity index is 1.40. The van der Waals surface area contributed by atoms with E-state index in [9.17, 15) is 4.79 Å². The fraction of sp³-hybridized carbons (Fsp3) is 0.267. The van der Waals surface area contributed by atoms with Crippen molar-refractivity contribution in [3.63, 3.8) is 0 Å². The number of hydrogen-bond acceptors (Lipinski definition) is 7. The molecule has 5 rings (SSSR count). The molecule has 2 N–H and O–H groups in total. The van der Waals surface area contributed by atoms with E-state index in [2.05, 4.69) is 4.98 Å². The number of ether oxygens (including phenoxy) is 3. The number of benzene rings is 3. The second-order valence-corrected chi connectivity index (χ2v) is 10.5. The third-order valence-corrected chi connectivity index (χ3v) is 7.90. The van der Waals surface area contributed by atoms with Crippen molar-refractivity contribution in [2.24, 2.45) is 0 Å². The number of rotatable bonds is 11. The molecule has 38 heavy (non-hydrogen) atoms. The van der Waals surface area contributed by atoms with E-state index in [-0.39, 0.29) is 22.5 Å². The van der Waals surface area contributed by atoms with Crippen LogP contribution in [0.25, 0.3) is 0 Å². The minimum atomic E-state index is -0.419. The van der Waals surface area contributed by atoms with Crippen molar-refractivity contribution in [1.29, 1.82) is 0 Å². The average molecular weight is 530 g/mol. The van der Waals surface area contributed by atoms with E-state index >= 15 is 0 Å². The molecule has 0 unspecified atom stereocenters. The van der Waals surface area contributed by atoms with Crippen molar-refractivity contribution in [3.8, 4) is 0 Å². The minimum absolute atomic E-state index is 0.0716. The van der Waals surface area contributed by atoms with Gasteiger partial charge in [0.2, 0.25) is 0 Å². The molecule has 4 aromatic rings. The molecule has 0 bridgehead atoms. The fourth-order valence-corrected chi connectivity index (χ4v) is 6.07. The van der Waals surface area contributed by atoms with Gasteiger partial charge in [0, 0.05) is 6.20 Å². The number of nitrogens with zero attached hydrogens (tertiary/aromatic N) is 2. The summed E-state index contributed by atoms with van der Waals surface area (Å²) in [5.74, 6) is 0.190. The van der Waals surface area contributed by atoms with Gasteiger partial charge in [-0.3, -0.25) is 4.57 Å². The minimum Gasteiger partial charge on any atom is -0.383 e.